The first-order valence-corrected chi connectivity index (χ1v) is 15.0. The van der Waals surface area contributed by atoms with Gasteiger partial charge in [0, 0.05) is 30.4 Å². The van der Waals surface area contributed by atoms with Gasteiger partial charge in [-0.2, -0.15) is 8.42 Å². The zero-order valence-corrected chi connectivity index (χ0v) is 23.7. The van der Waals surface area contributed by atoms with Crippen LogP contribution >= 0.6 is 0 Å². The number of nitrogens with one attached hydrogen (secondary N) is 3. The second-order valence-electron chi connectivity index (χ2n) is 10.0. The topological polar surface area (TPSA) is 169 Å². The summed E-state index contributed by atoms with van der Waals surface area (Å²) < 4.78 is 50.0. The third-order valence-corrected chi connectivity index (χ3v) is 8.50. The highest BCUT2D eigenvalue weighted by atomic mass is 32.2. The van der Waals surface area contributed by atoms with Crippen molar-refractivity contribution in [2.75, 3.05) is 4.72 Å². The summed E-state index contributed by atoms with van der Waals surface area (Å²) in [7, 11) is -4.09. The highest BCUT2D eigenvalue weighted by Gasteiger charge is 2.24. The van der Waals surface area contributed by atoms with Crippen molar-refractivity contribution in [1.29, 1.82) is 0 Å². The summed E-state index contributed by atoms with van der Waals surface area (Å²) in [5.74, 6) is -0.617. The molecule has 43 heavy (non-hydrogen) atoms. The summed E-state index contributed by atoms with van der Waals surface area (Å²) in [6.07, 6.45) is 4.32. The summed E-state index contributed by atoms with van der Waals surface area (Å²) in [4.78, 5) is 39.3. The van der Waals surface area contributed by atoms with Crippen molar-refractivity contribution < 1.29 is 17.3 Å². The molecule has 0 fully saturated rings. The Morgan fingerprint density at radius 1 is 1.07 bits per heavy atom. The van der Waals surface area contributed by atoms with Gasteiger partial charge in [0.15, 0.2) is 16.3 Å². The van der Waals surface area contributed by atoms with Gasteiger partial charge in [0.1, 0.15) is 17.2 Å². The molecule has 0 spiro atoms. The molecule has 4 heterocycles. The fraction of sp³-hybridized carbons (Fsp3) is 0.207. The molecule has 220 valence electrons. The Kier molecular flexibility index (Phi) is 7.36. The van der Waals surface area contributed by atoms with Crippen LogP contribution in [0.4, 0.5) is 10.1 Å². The lowest BCUT2D eigenvalue weighted by Crippen LogP contribution is -2.30. The minimum Gasteiger partial charge on any atom is -0.356 e. The zero-order valence-electron chi connectivity index (χ0n) is 22.9. The first-order chi connectivity index (χ1) is 20.7. The monoisotopic (exact) mass is 603 g/mol. The number of rotatable bonds is 10. The Hall–Kier alpha value is -5.11. The number of sulfonamides is 1. The molecule has 6 aromatic rings. The number of unbranched alkanes of at least 4 members (excludes halogenated alkanes) is 1. The van der Waals surface area contributed by atoms with E-state index in [4.69, 9.17) is 4.52 Å². The van der Waals surface area contributed by atoms with Crippen molar-refractivity contribution in [1.82, 2.24) is 29.7 Å². The van der Waals surface area contributed by atoms with Crippen molar-refractivity contribution in [3.8, 4) is 0 Å². The number of imidazole rings is 1. The summed E-state index contributed by atoms with van der Waals surface area (Å²) >= 11 is 0. The van der Waals surface area contributed by atoms with E-state index in [-0.39, 0.29) is 39.3 Å². The standard InChI is InChI=1S/C29H26FN7O5S/c1-2-3-14-37-26-24(27(38)35-29(37)39)33-25(34-26)20(15-18-6-4-5-7-22(18)30)17-8-10-19(11-9-17)36-43(40,41)28-21-16-32-42-23(21)12-13-31-28/h4-13,16,20,36H,2-3,14-15H2,1H3,(H,33,34)(H,35,38,39). The van der Waals surface area contributed by atoms with Crippen molar-refractivity contribution in [2.45, 2.75) is 43.7 Å². The fourth-order valence-corrected chi connectivity index (χ4v) is 6.16. The van der Waals surface area contributed by atoms with E-state index in [9.17, 15) is 22.4 Å². The van der Waals surface area contributed by atoms with Crippen LogP contribution in [0.5, 0.6) is 0 Å². The molecule has 12 nitrogen and oxygen atoms in total. The maximum atomic E-state index is 14.8. The molecule has 0 amide bonds. The average Bonchev–Trinajstić information content (AvgIpc) is 3.65. The Balaban J connectivity index is 1.39. The van der Waals surface area contributed by atoms with Crippen LogP contribution in [0.15, 0.2) is 86.1 Å². The van der Waals surface area contributed by atoms with Crippen LogP contribution in [0.3, 0.4) is 0 Å². The maximum Gasteiger partial charge on any atom is 0.330 e. The number of aromatic nitrogens is 6. The lowest BCUT2D eigenvalue weighted by molar-refractivity contribution is 0.456. The van der Waals surface area contributed by atoms with Gasteiger partial charge in [-0.25, -0.2) is 19.2 Å². The minimum absolute atomic E-state index is 0.143. The van der Waals surface area contributed by atoms with E-state index in [1.807, 2.05) is 6.92 Å². The Morgan fingerprint density at radius 3 is 2.63 bits per heavy atom. The second kappa shape index (κ2) is 11.3. The van der Waals surface area contributed by atoms with Gasteiger partial charge in [-0.05, 0) is 42.2 Å². The molecule has 0 saturated heterocycles. The van der Waals surface area contributed by atoms with E-state index < -0.39 is 33.0 Å². The van der Waals surface area contributed by atoms with Crippen molar-refractivity contribution >= 4 is 37.8 Å². The van der Waals surface area contributed by atoms with E-state index in [0.717, 1.165) is 6.42 Å². The van der Waals surface area contributed by atoms with E-state index in [2.05, 4.69) is 29.8 Å². The zero-order chi connectivity index (χ0) is 30.1. The molecular weight excluding hydrogens is 577 g/mol. The predicted octanol–water partition coefficient (Wildman–Crippen LogP) is 4.06. The smallest absolute Gasteiger partial charge is 0.330 e. The summed E-state index contributed by atoms with van der Waals surface area (Å²) in [5.41, 5.74) is 0.843. The highest BCUT2D eigenvalue weighted by Crippen LogP contribution is 2.30. The Morgan fingerprint density at radius 2 is 1.86 bits per heavy atom. The Bertz CT molecular complexity index is 2170. The summed E-state index contributed by atoms with van der Waals surface area (Å²) in [6, 6.07) is 14.4. The van der Waals surface area contributed by atoms with Gasteiger partial charge >= 0.3 is 5.69 Å². The number of fused-ring (bicyclic) bond motifs is 2. The number of halogens is 1. The predicted molar refractivity (Wildman–Crippen MR) is 157 cm³/mol. The molecule has 0 radical (unpaired) electrons. The lowest BCUT2D eigenvalue weighted by atomic mass is 9.91. The fourth-order valence-electron chi connectivity index (χ4n) is 4.98. The molecule has 1 atom stereocenters. The Labute approximate surface area is 243 Å². The third kappa shape index (κ3) is 5.44. The maximum absolute atomic E-state index is 14.8. The summed E-state index contributed by atoms with van der Waals surface area (Å²) in [5, 5.41) is 3.66. The van der Waals surface area contributed by atoms with Gasteiger partial charge in [0.05, 0.1) is 11.6 Å². The molecule has 3 N–H and O–H groups in total. The van der Waals surface area contributed by atoms with Gasteiger partial charge in [-0.3, -0.25) is 19.1 Å². The van der Waals surface area contributed by atoms with Crippen LogP contribution in [-0.4, -0.2) is 38.1 Å². The number of nitrogens with zero attached hydrogens (tertiary/aromatic N) is 4. The SMILES string of the molecule is CCCCn1c(=O)[nH]c(=O)c2[nH]c(C(Cc3ccccc3F)c3ccc(NS(=O)(=O)c4nccc5oncc45)cc3)nc21. The molecule has 0 saturated carbocycles. The first-order valence-electron chi connectivity index (χ1n) is 13.5. The number of H-pyrrole nitrogens is 2. The van der Waals surface area contributed by atoms with Crippen LogP contribution < -0.4 is 16.0 Å². The number of benzene rings is 2. The van der Waals surface area contributed by atoms with Gasteiger partial charge in [-0.15, -0.1) is 0 Å². The highest BCUT2D eigenvalue weighted by molar-refractivity contribution is 7.92. The number of pyridine rings is 1. The largest absolute Gasteiger partial charge is 0.356 e. The molecule has 0 aliphatic heterocycles. The first kappa shape index (κ1) is 28.0. The van der Waals surface area contributed by atoms with Gasteiger partial charge in [0.25, 0.3) is 15.6 Å². The van der Waals surface area contributed by atoms with E-state index in [0.29, 0.717) is 29.9 Å². The average molecular weight is 604 g/mol. The lowest BCUT2D eigenvalue weighted by Gasteiger charge is -2.17. The molecule has 0 bridgehead atoms. The van der Waals surface area contributed by atoms with Gasteiger partial charge in [0.2, 0.25) is 0 Å². The molecular formula is C29H26FN7O5S. The molecule has 1 unspecified atom stereocenters. The van der Waals surface area contributed by atoms with Crippen LogP contribution in [0.25, 0.3) is 22.1 Å². The summed E-state index contributed by atoms with van der Waals surface area (Å²) in [6.45, 7) is 2.36. The number of aromatic amines is 2. The quantitative estimate of drug-likeness (QED) is 0.211. The molecule has 2 aromatic carbocycles. The van der Waals surface area contributed by atoms with Crippen molar-refractivity contribution in [3.05, 3.63) is 111 Å². The van der Waals surface area contributed by atoms with E-state index in [1.54, 1.807) is 42.5 Å². The van der Waals surface area contributed by atoms with Crippen LogP contribution in [0, 0.1) is 5.82 Å². The minimum atomic E-state index is -4.09. The molecule has 14 heteroatoms. The van der Waals surface area contributed by atoms with Gasteiger partial charge < -0.3 is 9.51 Å². The molecule has 4 aromatic heterocycles. The number of hydrogen-bond donors (Lipinski definition) is 3. The number of aryl methyl sites for hydroxylation is 1. The van der Waals surface area contributed by atoms with Crippen LogP contribution in [-0.2, 0) is 23.0 Å². The molecule has 0 aliphatic carbocycles. The third-order valence-electron chi connectivity index (χ3n) is 7.16. The van der Waals surface area contributed by atoms with Crippen molar-refractivity contribution in [2.24, 2.45) is 0 Å². The molecule has 0 aliphatic rings. The normalized spacial score (nSPS) is 12.6. The van der Waals surface area contributed by atoms with Crippen LogP contribution in [0.2, 0.25) is 0 Å². The van der Waals surface area contributed by atoms with E-state index >= 15 is 0 Å². The number of hydrogen-bond acceptors (Lipinski definition) is 8. The second-order valence-corrected chi connectivity index (χ2v) is 11.6. The van der Waals surface area contributed by atoms with Crippen LogP contribution in [0.1, 0.15) is 42.6 Å². The van der Waals surface area contributed by atoms with Gasteiger partial charge in [-0.1, -0.05) is 48.8 Å². The number of anilines is 1. The molecule has 6 rings (SSSR count). The van der Waals surface area contributed by atoms with E-state index in [1.165, 1.54) is 29.1 Å². The van der Waals surface area contributed by atoms with Crippen molar-refractivity contribution in [3.63, 3.8) is 0 Å².